The van der Waals surface area contributed by atoms with E-state index >= 15 is 0 Å². The topological polar surface area (TPSA) is 20.2 Å². The van der Waals surface area contributed by atoms with Crippen molar-refractivity contribution in [1.82, 2.24) is 0 Å². The Morgan fingerprint density at radius 1 is 0.789 bits per heavy atom. The van der Waals surface area contributed by atoms with E-state index in [1.165, 1.54) is 16.7 Å². The highest BCUT2D eigenvalue weighted by molar-refractivity contribution is 5.43. The average Bonchev–Trinajstić information content (AvgIpc) is 2.32. The molecule has 2 rings (SSSR count). The van der Waals surface area contributed by atoms with Gasteiger partial charge in [-0.15, -0.1) is 0 Å². The van der Waals surface area contributed by atoms with Crippen LogP contribution in [-0.2, 0) is 5.60 Å². The fourth-order valence-corrected chi connectivity index (χ4v) is 2.56. The molecular formula is C18H22O. The van der Waals surface area contributed by atoms with Crippen LogP contribution >= 0.6 is 0 Å². The molecule has 19 heavy (non-hydrogen) atoms. The van der Waals surface area contributed by atoms with E-state index in [9.17, 15) is 5.11 Å². The van der Waals surface area contributed by atoms with Crippen LogP contribution in [0.4, 0.5) is 0 Å². The molecule has 1 heteroatoms. The minimum Gasteiger partial charge on any atom is -0.381 e. The summed E-state index contributed by atoms with van der Waals surface area (Å²) in [6.45, 7) is 10.2. The van der Waals surface area contributed by atoms with Crippen molar-refractivity contribution in [3.8, 4) is 0 Å². The lowest BCUT2D eigenvalue weighted by Gasteiger charge is -2.27. The van der Waals surface area contributed by atoms with Gasteiger partial charge >= 0.3 is 0 Å². The molecule has 100 valence electrons. The van der Waals surface area contributed by atoms with Crippen LogP contribution in [0.2, 0.25) is 0 Å². The maximum atomic E-state index is 10.9. The number of rotatable bonds is 2. The minimum absolute atomic E-state index is 0.947. The molecule has 0 fully saturated rings. The second-order valence-electron chi connectivity index (χ2n) is 5.69. The lowest BCUT2D eigenvalue weighted by molar-refractivity contribution is 0.101. The Morgan fingerprint density at radius 2 is 1.47 bits per heavy atom. The first-order chi connectivity index (χ1) is 8.82. The van der Waals surface area contributed by atoms with E-state index in [0.29, 0.717) is 0 Å². The molecule has 0 heterocycles. The molecule has 0 radical (unpaired) electrons. The third-order valence-electron chi connectivity index (χ3n) is 3.98. The molecule has 1 N–H and O–H groups in total. The normalized spacial score (nSPS) is 14.2. The zero-order valence-corrected chi connectivity index (χ0v) is 12.4. The van der Waals surface area contributed by atoms with Gasteiger partial charge in [0.1, 0.15) is 5.60 Å². The highest BCUT2D eigenvalue weighted by Crippen LogP contribution is 2.32. The van der Waals surface area contributed by atoms with Gasteiger partial charge in [-0.2, -0.15) is 0 Å². The second-order valence-corrected chi connectivity index (χ2v) is 5.69. The van der Waals surface area contributed by atoms with Crippen molar-refractivity contribution in [2.45, 2.75) is 40.2 Å². The Balaban J connectivity index is 2.54. The van der Waals surface area contributed by atoms with Gasteiger partial charge in [-0.05, 0) is 62.4 Å². The van der Waals surface area contributed by atoms with Crippen molar-refractivity contribution in [3.05, 3.63) is 69.8 Å². The van der Waals surface area contributed by atoms with Gasteiger partial charge in [-0.1, -0.05) is 42.0 Å². The number of hydrogen-bond acceptors (Lipinski definition) is 1. The number of aryl methyl sites for hydroxylation is 4. The lowest BCUT2D eigenvalue weighted by Crippen LogP contribution is -2.24. The highest BCUT2D eigenvalue weighted by Gasteiger charge is 2.27. The standard InChI is InChI=1S/C18H22O/c1-12-6-9-17(15(4)10-12)18(5,19)16-8-7-13(2)14(3)11-16/h6-11,19H,1-5H3. The van der Waals surface area contributed by atoms with Crippen molar-refractivity contribution in [2.75, 3.05) is 0 Å². The van der Waals surface area contributed by atoms with Gasteiger partial charge in [0.2, 0.25) is 0 Å². The van der Waals surface area contributed by atoms with Crippen LogP contribution in [0.15, 0.2) is 36.4 Å². The average molecular weight is 254 g/mol. The zero-order valence-electron chi connectivity index (χ0n) is 12.4. The van der Waals surface area contributed by atoms with E-state index in [-0.39, 0.29) is 0 Å². The highest BCUT2D eigenvalue weighted by atomic mass is 16.3. The molecule has 1 unspecified atom stereocenters. The molecule has 0 aliphatic rings. The summed E-state index contributed by atoms with van der Waals surface area (Å²) in [5, 5.41) is 10.9. The minimum atomic E-state index is -0.948. The second kappa shape index (κ2) is 4.82. The number of aliphatic hydroxyl groups is 1. The molecule has 0 bridgehead atoms. The van der Waals surface area contributed by atoms with Gasteiger partial charge in [-0.3, -0.25) is 0 Å². The monoisotopic (exact) mass is 254 g/mol. The maximum absolute atomic E-state index is 10.9. The van der Waals surface area contributed by atoms with Gasteiger partial charge in [0.05, 0.1) is 0 Å². The SMILES string of the molecule is Cc1ccc(C(C)(O)c2ccc(C)c(C)c2)c(C)c1. The van der Waals surface area contributed by atoms with Crippen molar-refractivity contribution >= 4 is 0 Å². The summed E-state index contributed by atoms with van der Waals surface area (Å²) >= 11 is 0. The molecule has 0 aromatic heterocycles. The van der Waals surface area contributed by atoms with E-state index in [1.54, 1.807) is 0 Å². The fourth-order valence-electron chi connectivity index (χ4n) is 2.56. The van der Waals surface area contributed by atoms with Crippen LogP contribution in [-0.4, -0.2) is 5.11 Å². The quantitative estimate of drug-likeness (QED) is 0.852. The van der Waals surface area contributed by atoms with Gasteiger partial charge in [0, 0.05) is 0 Å². The third kappa shape index (κ3) is 2.57. The van der Waals surface area contributed by atoms with Gasteiger partial charge in [-0.25, -0.2) is 0 Å². The van der Waals surface area contributed by atoms with E-state index in [0.717, 1.165) is 16.7 Å². The predicted octanol–water partition coefficient (Wildman–Crippen LogP) is 4.18. The first-order valence-electron chi connectivity index (χ1n) is 6.70. The molecule has 0 amide bonds. The Hall–Kier alpha value is -1.60. The maximum Gasteiger partial charge on any atom is 0.112 e. The Kier molecular flexibility index (Phi) is 3.51. The molecule has 0 saturated carbocycles. The molecule has 0 saturated heterocycles. The predicted molar refractivity (Wildman–Crippen MR) is 80.5 cm³/mol. The van der Waals surface area contributed by atoms with E-state index < -0.39 is 5.60 Å². The largest absolute Gasteiger partial charge is 0.381 e. The molecule has 0 aliphatic carbocycles. The summed E-state index contributed by atoms with van der Waals surface area (Å²) in [6.07, 6.45) is 0. The van der Waals surface area contributed by atoms with Crippen LogP contribution in [0.25, 0.3) is 0 Å². The molecule has 0 aliphatic heterocycles. The zero-order chi connectivity index (χ0) is 14.2. The van der Waals surface area contributed by atoms with Crippen molar-refractivity contribution in [1.29, 1.82) is 0 Å². The van der Waals surface area contributed by atoms with E-state index in [4.69, 9.17) is 0 Å². The van der Waals surface area contributed by atoms with Crippen LogP contribution in [0.5, 0.6) is 0 Å². The van der Waals surface area contributed by atoms with Gasteiger partial charge < -0.3 is 5.11 Å². The molecule has 2 aromatic carbocycles. The van der Waals surface area contributed by atoms with Gasteiger partial charge in [0.15, 0.2) is 0 Å². The van der Waals surface area contributed by atoms with E-state index in [2.05, 4.69) is 52.0 Å². The Bertz CT molecular complexity index is 609. The molecule has 2 aromatic rings. The Labute approximate surface area is 115 Å². The number of benzene rings is 2. The smallest absolute Gasteiger partial charge is 0.112 e. The van der Waals surface area contributed by atoms with Crippen molar-refractivity contribution < 1.29 is 5.11 Å². The fraction of sp³-hybridized carbons (Fsp3) is 0.333. The van der Waals surface area contributed by atoms with Crippen LogP contribution in [0, 0.1) is 27.7 Å². The summed E-state index contributed by atoms with van der Waals surface area (Å²) in [7, 11) is 0. The van der Waals surface area contributed by atoms with Crippen LogP contribution in [0.1, 0.15) is 40.3 Å². The van der Waals surface area contributed by atoms with Crippen LogP contribution < -0.4 is 0 Å². The molecule has 1 nitrogen and oxygen atoms in total. The first kappa shape index (κ1) is 13.8. The van der Waals surface area contributed by atoms with Crippen molar-refractivity contribution in [3.63, 3.8) is 0 Å². The number of hydrogen-bond donors (Lipinski definition) is 1. The summed E-state index contributed by atoms with van der Waals surface area (Å²) in [5.41, 5.74) is 5.78. The van der Waals surface area contributed by atoms with E-state index in [1.807, 2.05) is 19.1 Å². The first-order valence-corrected chi connectivity index (χ1v) is 6.70. The molecular weight excluding hydrogens is 232 g/mol. The summed E-state index contributed by atoms with van der Waals surface area (Å²) in [5.74, 6) is 0. The lowest BCUT2D eigenvalue weighted by atomic mass is 9.84. The molecule has 0 spiro atoms. The Morgan fingerprint density at radius 3 is 2.05 bits per heavy atom. The van der Waals surface area contributed by atoms with Crippen LogP contribution in [0.3, 0.4) is 0 Å². The summed E-state index contributed by atoms with van der Waals surface area (Å²) < 4.78 is 0. The summed E-state index contributed by atoms with van der Waals surface area (Å²) in [6, 6.07) is 12.4. The third-order valence-corrected chi connectivity index (χ3v) is 3.98. The van der Waals surface area contributed by atoms with Gasteiger partial charge in [0.25, 0.3) is 0 Å². The molecule has 1 atom stereocenters. The van der Waals surface area contributed by atoms with Crippen molar-refractivity contribution in [2.24, 2.45) is 0 Å². The summed E-state index contributed by atoms with van der Waals surface area (Å²) in [4.78, 5) is 0.